The van der Waals surface area contributed by atoms with Crippen LogP contribution in [0.5, 0.6) is 0 Å². The van der Waals surface area contributed by atoms with Gasteiger partial charge in [0, 0.05) is 30.9 Å². The molecule has 9 heteroatoms. The molecule has 3 rings (SSSR count). The number of carbonyl (C=O) groups is 1. The second-order valence-electron chi connectivity index (χ2n) is 5.22. The summed E-state index contributed by atoms with van der Waals surface area (Å²) in [7, 11) is 0. The number of hydrogen-bond donors (Lipinski definition) is 3. The van der Waals surface area contributed by atoms with Gasteiger partial charge in [0.15, 0.2) is 0 Å². The molecule has 23 heavy (non-hydrogen) atoms. The third-order valence-electron chi connectivity index (χ3n) is 3.50. The lowest BCUT2D eigenvalue weighted by atomic mass is 10.2. The lowest BCUT2D eigenvalue weighted by Gasteiger charge is -2.27. The molecule has 2 aromatic heterocycles. The Kier molecular flexibility index (Phi) is 4.03. The Hall–Kier alpha value is -2.42. The van der Waals surface area contributed by atoms with Gasteiger partial charge < -0.3 is 16.0 Å². The van der Waals surface area contributed by atoms with Crippen molar-refractivity contribution in [3.63, 3.8) is 0 Å². The molecule has 0 unspecified atom stereocenters. The summed E-state index contributed by atoms with van der Waals surface area (Å²) in [5.74, 6) is -0.0433. The van der Waals surface area contributed by atoms with Gasteiger partial charge in [0.05, 0.1) is 23.7 Å². The summed E-state index contributed by atoms with van der Waals surface area (Å²) in [4.78, 5) is 19.6. The first-order chi connectivity index (χ1) is 10.9. The zero-order valence-corrected chi connectivity index (χ0v) is 11.9. The van der Waals surface area contributed by atoms with Gasteiger partial charge in [-0.1, -0.05) is 0 Å². The topological polar surface area (TPSA) is 78.9 Å². The van der Waals surface area contributed by atoms with Crippen molar-refractivity contribution < 1.29 is 18.0 Å². The molecule has 1 aliphatic heterocycles. The highest BCUT2D eigenvalue weighted by molar-refractivity contribution is 5.91. The summed E-state index contributed by atoms with van der Waals surface area (Å²) in [5.41, 5.74) is -0.481. The molecule has 0 atom stereocenters. The maximum atomic E-state index is 12.8. The van der Waals surface area contributed by atoms with Gasteiger partial charge in [0.1, 0.15) is 5.82 Å². The molecule has 1 fully saturated rings. The number of aromatic nitrogens is 2. The Balaban J connectivity index is 1.77. The minimum absolute atomic E-state index is 0.0706. The van der Waals surface area contributed by atoms with E-state index in [1.807, 2.05) is 0 Å². The standard InChI is InChI=1S/C14H14F3N5O/c15-14(16,17)8-3-10-11(20-4-8)1-2-19-13(10)21-7-12(23)22-9-5-18-6-9/h1-4,9,18H,5-7H2,(H,19,21)(H,22,23). The second-order valence-corrected chi connectivity index (χ2v) is 5.22. The number of amides is 1. The fraction of sp³-hybridized carbons (Fsp3) is 0.357. The lowest BCUT2D eigenvalue weighted by Crippen LogP contribution is -2.57. The monoisotopic (exact) mass is 325 g/mol. The first-order valence-electron chi connectivity index (χ1n) is 6.99. The molecule has 0 bridgehead atoms. The highest BCUT2D eigenvalue weighted by Gasteiger charge is 2.31. The zero-order valence-electron chi connectivity index (χ0n) is 11.9. The number of pyridine rings is 2. The van der Waals surface area contributed by atoms with Gasteiger partial charge in [0.2, 0.25) is 5.91 Å². The van der Waals surface area contributed by atoms with E-state index in [9.17, 15) is 18.0 Å². The number of nitrogens with one attached hydrogen (secondary N) is 3. The molecule has 2 aromatic rings. The fourth-order valence-electron chi connectivity index (χ4n) is 2.18. The number of alkyl halides is 3. The number of carbonyl (C=O) groups excluding carboxylic acids is 1. The average Bonchev–Trinajstić information content (AvgIpc) is 2.47. The van der Waals surface area contributed by atoms with Crippen LogP contribution in [0.2, 0.25) is 0 Å². The van der Waals surface area contributed by atoms with E-state index in [4.69, 9.17) is 0 Å². The Labute approximate surface area is 129 Å². The highest BCUT2D eigenvalue weighted by atomic mass is 19.4. The molecular formula is C14H14F3N5O. The van der Waals surface area contributed by atoms with Gasteiger partial charge in [-0.05, 0) is 12.1 Å². The lowest BCUT2D eigenvalue weighted by molar-refractivity contribution is -0.137. The molecule has 0 saturated carbocycles. The van der Waals surface area contributed by atoms with Crippen molar-refractivity contribution in [2.75, 3.05) is 25.0 Å². The number of rotatable bonds is 4. The van der Waals surface area contributed by atoms with Crippen molar-refractivity contribution in [1.29, 1.82) is 0 Å². The van der Waals surface area contributed by atoms with Crippen LogP contribution in [0.4, 0.5) is 19.0 Å². The predicted octanol–water partition coefficient (Wildman–Crippen LogP) is 1.15. The fourth-order valence-corrected chi connectivity index (χ4v) is 2.18. The van der Waals surface area contributed by atoms with Crippen LogP contribution in [0.15, 0.2) is 24.5 Å². The largest absolute Gasteiger partial charge is 0.417 e. The summed E-state index contributed by atoms with van der Waals surface area (Å²) in [6, 6.07) is 2.59. The quantitative estimate of drug-likeness (QED) is 0.786. The molecule has 1 aliphatic rings. The van der Waals surface area contributed by atoms with Gasteiger partial charge in [-0.2, -0.15) is 13.2 Å². The van der Waals surface area contributed by atoms with E-state index in [0.717, 1.165) is 25.4 Å². The van der Waals surface area contributed by atoms with Crippen LogP contribution in [0.1, 0.15) is 5.56 Å². The van der Waals surface area contributed by atoms with Crippen molar-refractivity contribution in [2.45, 2.75) is 12.2 Å². The number of halogens is 3. The first-order valence-corrected chi connectivity index (χ1v) is 6.99. The van der Waals surface area contributed by atoms with Crippen LogP contribution >= 0.6 is 0 Å². The SMILES string of the molecule is O=C(CNc1nccc2ncc(C(F)(F)F)cc12)NC1CNC1. The summed E-state index contributed by atoms with van der Waals surface area (Å²) in [5, 5.41) is 8.80. The minimum atomic E-state index is -4.48. The maximum Gasteiger partial charge on any atom is 0.417 e. The molecule has 0 radical (unpaired) electrons. The Bertz CT molecular complexity index is 730. The van der Waals surface area contributed by atoms with Gasteiger partial charge >= 0.3 is 6.18 Å². The molecule has 0 aliphatic carbocycles. The maximum absolute atomic E-state index is 12.8. The van der Waals surface area contributed by atoms with Crippen LogP contribution in [-0.4, -0.2) is 41.6 Å². The van der Waals surface area contributed by atoms with Crippen LogP contribution in [0, 0.1) is 0 Å². The van der Waals surface area contributed by atoms with Crippen LogP contribution in [-0.2, 0) is 11.0 Å². The molecule has 0 aromatic carbocycles. The van der Waals surface area contributed by atoms with E-state index in [1.165, 1.54) is 12.3 Å². The number of hydrogen-bond acceptors (Lipinski definition) is 5. The van der Waals surface area contributed by atoms with E-state index in [2.05, 4.69) is 25.9 Å². The number of fused-ring (bicyclic) bond motifs is 1. The molecule has 122 valence electrons. The molecule has 1 amide bonds. The molecule has 3 N–H and O–H groups in total. The van der Waals surface area contributed by atoms with E-state index in [-0.39, 0.29) is 29.7 Å². The van der Waals surface area contributed by atoms with Crippen molar-refractivity contribution in [1.82, 2.24) is 20.6 Å². The minimum Gasteiger partial charge on any atom is -0.360 e. The summed E-state index contributed by atoms with van der Waals surface area (Å²) in [6.45, 7) is 1.37. The molecular weight excluding hydrogens is 311 g/mol. The summed E-state index contributed by atoms with van der Waals surface area (Å²) >= 11 is 0. The molecule has 6 nitrogen and oxygen atoms in total. The van der Waals surface area contributed by atoms with Crippen molar-refractivity contribution in [3.8, 4) is 0 Å². The number of anilines is 1. The summed E-state index contributed by atoms with van der Waals surface area (Å²) in [6.07, 6.45) is -2.27. The van der Waals surface area contributed by atoms with E-state index < -0.39 is 11.7 Å². The van der Waals surface area contributed by atoms with Crippen molar-refractivity contribution in [3.05, 3.63) is 30.1 Å². The normalized spacial score (nSPS) is 15.3. The summed E-state index contributed by atoms with van der Waals surface area (Å²) < 4.78 is 38.4. The molecule has 1 saturated heterocycles. The van der Waals surface area contributed by atoms with E-state index in [0.29, 0.717) is 5.52 Å². The van der Waals surface area contributed by atoms with Gasteiger partial charge in [-0.15, -0.1) is 0 Å². The Morgan fingerprint density at radius 2 is 2.13 bits per heavy atom. The smallest absolute Gasteiger partial charge is 0.360 e. The van der Waals surface area contributed by atoms with Crippen LogP contribution < -0.4 is 16.0 Å². The van der Waals surface area contributed by atoms with Crippen molar-refractivity contribution >= 4 is 22.6 Å². The van der Waals surface area contributed by atoms with E-state index in [1.54, 1.807) is 0 Å². The Morgan fingerprint density at radius 1 is 1.35 bits per heavy atom. The third-order valence-corrected chi connectivity index (χ3v) is 3.50. The third kappa shape index (κ3) is 3.50. The van der Waals surface area contributed by atoms with Gasteiger partial charge in [-0.3, -0.25) is 9.78 Å². The van der Waals surface area contributed by atoms with E-state index >= 15 is 0 Å². The van der Waals surface area contributed by atoms with Crippen LogP contribution in [0.25, 0.3) is 10.9 Å². The Morgan fingerprint density at radius 3 is 2.78 bits per heavy atom. The van der Waals surface area contributed by atoms with Crippen LogP contribution in [0.3, 0.4) is 0 Å². The van der Waals surface area contributed by atoms with Gasteiger partial charge in [-0.25, -0.2) is 4.98 Å². The highest BCUT2D eigenvalue weighted by Crippen LogP contribution is 2.31. The van der Waals surface area contributed by atoms with Crippen molar-refractivity contribution in [2.24, 2.45) is 0 Å². The first kappa shape index (κ1) is 15.5. The number of nitrogens with zero attached hydrogens (tertiary/aromatic N) is 2. The second kappa shape index (κ2) is 5.99. The molecule has 3 heterocycles. The average molecular weight is 325 g/mol. The predicted molar refractivity (Wildman–Crippen MR) is 77.8 cm³/mol. The zero-order chi connectivity index (χ0) is 16.4. The van der Waals surface area contributed by atoms with Gasteiger partial charge in [0.25, 0.3) is 0 Å². The molecule has 0 spiro atoms.